The molecule has 0 saturated heterocycles. The number of aromatic amines is 1. The highest BCUT2D eigenvalue weighted by Gasteiger charge is 2.36. The molecule has 0 amide bonds. The van der Waals surface area contributed by atoms with E-state index < -0.39 is 22.3 Å². The highest BCUT2D eigenvalue weighted by molar-refractivity contribution is 9.10. The largest absolute Gasteiger partial charge is 0.490 e. The molecule has 0 fully saturated rings. The molecule has 1 aromatic carbocycles. The Hall–Kier alpha value is -1.09. The zero-order valence-corrected chi connectivity index (χ0v) is 14.5. The van der Waals surface area contributed by atoms with Crippen LogP contribution < -0.4 is 4.74 Å². The number of aromatic nitrogens is 2. The summed E-state index contributed by atoms with van der Waals surface area (Å²) in [5, 5.41) is 0. The van der Waals surface area contributed by atoms with E-state index in [0.29, 0.717) is 10.2 Å². The van der Waals surface area contributed by atoms with Gasteiger partial charge in [-0.05, 0) is 57.8 Å². The van der Waals surface area contributed by atoms with E-state index in [1.165, 1.54) is 6.07 Å². The fourth-order valence-corrected chi connectivity index (χ4v) is 2.63. The zero-order valence-electron chi connectivity index (χ0n) is 11.4. The first-order chi connectivity index (χ1) is 10.1. The van der Waals surface area contributed by atoms with Gasteiger partial charge in [0.15, 0.2) is 5.69 Å². The molecule has 1 aromatic heterocycles. The number of nitrogens with one attached hydrogen (secondary N) is 1. The Morgan fingerprint density at radius 3 is 2.36 bits per heavy atom. The van der Waals surface area contributed by atoms with Crippen molar-refractivity contribution in [1.82, 2.24) is 9.97 Å². The lowest BCUT2D eigenvalue weighted by Crippen LogP contribution is -2.07. The number of halogens is 6. The molecule has 0 saturated carbocycles. The minimum absolute atomic E-state index is 0.116. The summed E-state index contributed by atoms with van der Waals surface area (Å²) in [6.07, 6.45) is -4.80. The molecule has 0 aliphatic rings. The minimum Gasteiger partial charge on any atom is -0.490 e. The van der Waals surface area contributed by atoms with Gasteiger partial charge in [-0.3, -0.25) is 0 Å². The second-order valence-electron chi connectivity index (χ2n) is 4.68. The number of hydrogen-bond donors (Lipinski definition) is 1. The molecule has 22 heavy (non-hydrogen) atoms. The monoisotopic (exact) mass is 444 g/mol. The van der Waals surface area contributed by atoms with E-state index in [1.54, 1.807) is 13.8 Å². The van der Waals surface area contributed by atoms with Crippen LogP contribution in [0.3, 0.4) is 0 Å². The lowest BCUT2D eigenvalue weighted by Gasteiger charge is -2.13. The maximum Gasteiger partial charge on any atom is 0.433 e. The fraction of sp³-hybridized carbons (Fsp3) is 0.308. The lowest BCUT2D eigenvalue weighted by atomic mass is 10.2. The summed E-state index contributed by atoms with van der Waals surface area (Å²) in [4.78, 5) is 5.77. The summed E-state index contributed by atoms with van der Waals surface area (Å²) in [5.41, 5.74) is -1.19. The average molecular weight is 446 g/mol. The van der Waals surface area contributed by atoms with Crippen molar-refractivity contribution in [3.63, 3.8) is 0 Å². The van der Waals surface area contributed by atoms with E-state index in [-0.39, 0.29) is 17.5 Å². The Bertz CT molecular complexity index is 698. The van der Waals surface area contributed by atoms with Gasteiger partial charge >= 0.3 is 6.18 Å². The molecule has 120 valence electrons. The zero-order chi connectivity index (χ0) is 16.7. The second-order valence-corrected chi connectivity index (χ2v) is 6.28. The van der Waals surface area contributed by atoms with Crippen LogP contribution in [0.25, 0.3) is 11.4 Å². The summed E-state index contributed by atoms with van der Waals surface area (Å²) in [7, 11) is 0. The van der Waals surface area contributed by atoms with E-state index in [2.05, 4.69) is 41.8 Å². The lowest BCUT2D eigenvalue weighted by molar-refractivity contribution is -0.141. The minimum atomic E-state index is -4.62. The number of rotatable bonds is 3. The molecule has 0 spiro atoms. The Labute approximate surface area is 140 Å². The second kappa shape index (κ2) is 6.19. The third-order valence-corrected chi connectivity index (χ3v) is 3.78. The number of ether oxygens (including phenoxy) is 1. The molecule has 0 bridgehead atoms. The number of alkyl halides is 3. The van der Waals surface area contributed by atoms with Crippen molar-refractivity contribution in [3.8, 4) is 17.1 Å². The van der Waals surface area contributed by atoms with E-state index >= 15 is 0 Å². The van der Waals surface area contributed by atoms with Crippen molar-refractivity contribution in [2.75, 3.05) is 0 Å². The predicted octanol–water partition coefficient (Wildman–Crippen LogP) is 5.55. The Morgan fingerprint density at radius 1 is 1.23 bits per heavy atom. The summed E-state index contributed by atoms with van der Waals surface area (Å²) < 4.78 is 57.8. The molecule has 2 aromatic rings. The molecule has 0 radical (unpaired) electrons. The van der Waals surface area contributed by atoms with Crippen molar-refractivity contribution >= 4 is 31.9 Å². The normalized spacial score (nSPS) is 12.0. The molecular formula is C13H10Br2F4N2O. The number of imidazole rings is 1. The topological polar surface area (TPSA) is 37.9 Å². The molecule has 0 atom stereocenters. The van der Waals surface area contributed by atoms with Gasteiger partial charge in [-0.2, -0.15) is 13.2 Å². The van der Waals surface area contributed by atoms with Crippen LogP contribution in [-0.2, 0) is 6.18 Å². The van der Waals surface area contributed by atoms with Crippen LogP contribution in [0.2, 0.25) is 0 Å². The van der Waals surface area contributed by atoms with Gasteiger partial charge < -0.3 is 9.72 Å². The third-order valence-electron chi connectivity index (χ3n) is 2.58. The number of H-pyrrole nitrogens is 1. The first-order valence-corrected chi connectivity index (χ1v) is 7.67. The summed E-state index contributed by atoms with van der Waals surface area (Å²) in [6.45, 7) is 3.56. The van der Waals surface area contributed by atoms with E-state index in [0.717, 1.165) is 6.07 Å². The van der Waals surface area contributed by atoms with Crippen LogP contribution in [0, 0.1) is 5.82 Å². The SMILES string of the molecule is CC(C)Oc1cc(-c2nc(Br)c(C(F)(F)F)[nH]2)c(F)cc1Br. The summed E-state index contributed by atoms with van der Waals surface area (Å²) >= 11 is 5.87. The number of hydrogen-bond acceptors (Lipinski definition) is 2. The highest BCUT2D eigenvalue weighted by atomic mass is 79.9. The maximum absolute atomic E-state index is 14.0. The van der Waals surface area contributed by atoms with Crippen LogP contribution in [0.1, 0.15) is 19.5 Å². The Morgan fingerprint density at radius 2 is 1.86 bits per heavy atom. The van der Waals surface area contributed by atoms with E-state index in [1.807, 2.05) is 0 Å². The van der Waals surface area contributed by atoms with Gasteiger partial charge in [0.05, 0.1) is 16.1 Å². The third kappa shape index (κ3) is 3.62. The number of nitrogens with zero attached hydrogens (tertiary/aromatic N) is 1. The number of benzene rings is 1. The van der Waals surface area contributed by atoms with Gasteiger partial charge in [-0.25, -0.2) is 9.37 Å². The predicted molar refractivity (Wildman–Crippen MR) is 80.1 cm³/mol. The first-order valence-electron chi connectivity index (χ1n) is 6.08. The quantitative estimate of drug-likeness (QED) is 0.629. The first kappa shape index (κ1) is 17.3. The van der Waals surface area contributed by atoms with Crippen LogP contribution in [0.15, 0.2) is 21.2 Å². The van der Waals surface area contributed by atoms with Crippen LogP contribution in [0.5, 0.6) is 5.75 Å². The van der Waals surface area contributed by atoms with Gasteiger partial charge in [-0.15, -0.1) is 0 Å². The standard InChI is InChI=1S/C13H10Br2F4N2O/c1-5(2)22-9-3-6(8(16)4-7(9)14)12-20-10(11(15)21-12)13(17,18)19/h3-5H,1-2H3,(H,20,21). The van der Waals surface area contributed by atoms with Crippen molar-refractivity contribution in [2.24, 2.45) is 0 Å². The molecule has 3 nitrogen and oxygen atoms in total. The van der Waals surface area contributed by atoms with Gasteiger partial charge in [0.1, 0.15) is 22.0 Å². The van der Waals surface area contributed by atoms with E-state index in [9.17, 15) is 17.6 Å². The summed E-state index contributed by atoms with van der Waals surface area (Å²) in [6, 6.07) is 2.42. The molecule has 1 heterocycles. The molecule has 1 N–H and O–H groups in total. The van der Waals surface area contributed by atoms with Crippen molar-refractivity contribution in [3.05, 3.63) is 32.7 Å². The van der Waals surface area contributed by atoms with E-state index in [4.69, 9.17) is 4.74 Å². The highest BCUT2D eigenvalue weighted by Crippen LogP contribution is 2.37. The van der Waals surface area contributed by atoms with Gasteiger partial charge in [0.25, 0.3) is 0 Å². The van der Waals surface area contributed by atoms with Gasteiger partial charge in [0.2, 0.25) is 0 Å². The molecular weight excluding hydrogens is 436 g/mol. The smallest absolute Gasteiger partial charge is 0.433 e. The van der Waals surface area contributed by atoms with Crippen molar-refractivity contribution in [1.29, 1.82) is 0 Å². The molecule has 0 aliphatic heterocycles. The molecule has 9 heteroatoms. The average Bonchev–Trinajstić information content (AvgIpc) is 2.74. The fourth-order valence-electron chi connectivity index (χ4n) is 1.72. The van der Waals surface area contributed by atoms with Gasteiger partial charge in [0, 0.05) is 0 Å². The Balaban J connectivity index is 2.53. The van der Waals surface area contributed by atoms with Crippen molar-refractivity contribution < 1.29 is 22.3 Å². The molecule has 2 rings (SSSR count). The molecule has 0 unspecified atom stereocenters. The van der Waals surface area contributed by atoms with Crippen LogP contribution >= 0.6 is 31.9 Å². The van der Waals surface area contributed by atoms with Crippen molar-refractivity contribution in [2.45, 2.75) is 26.1 Å². The molecule has 0 aliphatic carbocycles. The van der Waals surface area contributed by atoms with Gasteiger partial charge in [-0.1, -0.05) is 0 Å². The maximum atomic E-state index is 14.0. The summed E-state index contributed by atoms with van der Waals surface area (Å²) in [5.74, 6) is -0.650. The van der Waals surface area contributed by atoms with Crippen LogP contribution in [-0.4, -0.2) is 16.1 Å². The Kier molecular flexibility index (Phi) is 4.86. The van der Waals surface area contributed by atoms with Crippen LogP contribution in [0.4, 0.5) is 17.6 Å².